The molecule has 5 nitrogen and oxygen atoms in total. The molecule has 0 saturated carbocycles. The van der Waals surface area contributed by atoms with Crippen LogP contribution >= 0.6 is 11.3 Å². The molecule has 0 unspecified atom stereocenters. The predicted octanol–water partition coefficient (Wildman–Crippen LogP) is 1.98. The van der Waals surface area contributed by atoms with Gasteiger partial charge in [0.1, 0.15) is 0 Å². The van der Waals surface area contributed by atoms with E-state index in [2.05, 4.69) is 5.32 Å². The Labute approximate surface area is 124 Å². The molecule has 0 spiro atoms. The summed E-state index contributed by atoms with van der Waals surface area (Å²) >= 11 is 1.23. The van der Waals surface area contributed by atoms with E-state index in [4.69, 9.17) is 0 Å². The number of amides is 1. The quantitative estimate of drug-likeness (QED) is 0.923. The molecule has 1 fully saturated rings. The highest BCUT2D eigenvalue weighted by Crippen LogP contribution is 2.29. The number of hydrogen-bond acceptors (Lipinski definition) is 4. The number of sulfonamides is 1. The van der Waals surface area contributed by atoms with E-state index < -0.39 is 10.0 Å². The first-order chi connectivity index (χ1) is 9.32. The molecule has 112 valence electrons. The van der Waals surface area contributed by atoms with Gasteiger partial charge in [-0.15, -0.1) is 11.3 Å². The van der Waals surface area contributed by atoms with E-state index in [-0.39, 0.29) is 16.8 Å². The van der Waals surface area contributed by atoms with Crippen molar-refractivity contribution in [3.63, 3.8) is 0 Å². The van der Waals surface area contributed by atoms with Crippen LogP contribution in [0, 0.1) is 6.92 Å². The highest BCUT2D eigenvalue weighted by atomic mass is 32.2. The fraction of sp³-hybridized carbons (Fsp3) is 0.615. The van der Waals surface area contributed by atoms with Gasteiger partial charge in [-0.25, -0.2) is 8.42 Å². The van der Waals surface area contributed by atoms with Gasteiger partial charge in [-0.2, -0.15) is 4.31 Å². The van der Waals surface area contributed by atoms with Gasteiger partial charge in [0.25, 0.3) is 5.91 Å². The van der Waals surface area contributed by atoms with Crippen molar-refractivity contribution in [2.24, 2.45) is 0 Å². The third-order valence-electron chi connectivity index (χ3n) is 3.20. The number of carbonyl (C=O) groups is 1. The maximum Gasteiger partial charge on any atom is 0.261 e. The van der Waals surface area contributed by atoms with Gasteiger partial charge in [0.15, 0.2) is 0 Å². The van der Waals surface area contributed by atoms with Crippen molar-refractivity contribution in [2.45, 2.75) is 44.6 Å². The zero-order valence-corrected chi connectivity index (χ0v) is 13.6. The first kappa shape index (κ1) is 15.5. The normalized spacial score (nSPS) is 16.8. The largest absolute Gasteiger partial charge is 0.349 e. The first-order valence-electron chi connectivity index (χ1n) is 6.74. The predicted molar refractivity (Wildman–Crippen MR) is 79.7 cm³/mol. The number of hydrogen-bond donors (Lipinski definition) is 1. The minimum absolute atomic E-state index is 0.0311. The highest BCUT2D eigenvalue weighted by molar-refractivity contribution is 7.89. The summed E-state index contributed by atoms with van der Waals surface area (Å²) in [6, 6.07) is 1.54. The maximum atomic E-state index is 12.5. The van der Waals surface area contributed by atoms with Gasteiger partial charge in [0, 0.05) is 24.0 Å². The summed E-state index contributed by atoms with van der Waals surface area (Å²) < 4.78 is 26.5. The number of carbonyl (C=O) groups excluding carboxylic acids is 1. The molecule has 1 amide bonds. The zero-order chi connectivity index (χ0) is 14.9. The van der Waals surface area contributed by atoms with E-state index in [9.17, 15) is 13.2 Å². The van der Waals surface area contributed by atoms with Crippen molar-refractivity contribution in [3.05, 3.63) is 15.8 Å². The average Bonchev–Trinajstić information content (AvgIpc) is 2.96. The van der Waals surface area contributed by atoms with Gasteiger partial charge in [-0.1, -0.05) is 0 Å². The van der Waals surface area contributed by atoms with Gasteiger partial charge in [0.2, 0.25) is 10.0 Å². The SMILES string of the molecule is Cc1sc(C(=O)NC(C)C)cc1S(=O)(=O)N1CCCC1. The molecule has 1 aliphatic rings. The number of thiophene rings is 1. The Morgan fingerprint density at radius 3 is 2.50 bits per heavy atom. The summed E-state index contributed by atoms with van der Waals surface area (Å²) in [5.41, 5.74) is 0. The summed E-state index contributed by atoms with van der Waals surface area (Å²) in [4.78, 5) is 13.4. The van der Waals surface area contributed by atoms with Crippen LogP contribution in [0.2, 0.25) is 0 Å². The molecule has 2 rings (SSSR count). The topological polar surface area (TPSA) is 66.5 Å². The fourth-order valence-corrected chi connectivity index (χ4v) is 5.21. The second-order valence-electron chi connectivity index (χ2n) is 5.27. The number of rotatable bonds is 4. The van der Waals surface area contributed by atoms with Gasteiger partial charge in [-0.3, -0.25) is 4.79 Å². The van der Waals surface area contributed by atoms with Crippen molar-refractivity contribution in [1.29, 1.82) is 0 Å². The van der Waals surface area contributed by atoms with E-state index in [1.807, 2.05) is 13.8 Å². The molecule has 7 heteroatoms. The van der Waals surface area contributed by atoms with E-state index in [1.165, 1.54) is 21.7 Å². The Morgan fingerprint density at radius 1 is 1.35 bits per heavy atom. The van der Waals surface area contributed by atoms with Crippen LogP contribution in [0.5, 0.6) is 0 Å². The van der Waals surface area contributed by atoms with Crippen LogP contribution in [0.25, 0.3) is 0 Å². The lowest BCUT2D eigenvalue weighted by Crippen LogP contribution is -2.29. The summed E-state index contributed by atoms with van der Waals surface area (Å²) in [5, 5.41) is 2.78. The van der Waals surface area contributed by atoms with Crippen molar-refractivity contribution < 1.29 is 13.2 Å². The minimum Gasteiger partial charge on any atom is -0.349 e. The third kappa shape index (κ3) is 3.05. The fourth-order valence-electron chi connectivity index (χ4n) is 2.23. The molecule has 1 saturated heterocycles. The minimum atomic E-state index is -3.45. The molecule has 1 N–H and O–H groups in total. The van der Waals surface area contributed by atoms with Crippen LogP contribution in [-0.2, 0) is 10.0 Å². The molecule has 20 heavy (non-hydrogen) atoms. The van der Waals surface area contributed by atoms with E-state index in [1.54, 1.807) is 6.92 Å². The maximum absolute atomic E-state index is 12.5. The Bertz CT molecular complexity index is 599. The lowest BCUT2D eigenvalue weighted by Gasteiger charge is -2.14. The van der Waals surface area contributed by atoms with Crippen molar-refractivity contribution in [3.8, 4) is 0 Å². The number of aryl methyl sites for hydroxylation is 1. The average molecular weight is 316 g/mol. The van der Waals surface area contributed by atoms with Gasteiger partial charge >= 0.3 is 0 Å². The Balaban J connectivity index is 2.29. The Morgan fingerprint density at radius 2 is 1.95 bits per heavy atom. The lowest BCUT2D eigenvalue weighted by atomic mass is 10.3. The first-order valence-corrected chi connectivity index (χ1v) is 8.99. The van der Waals surface area contributed by atoms with E-state index in [0.717, 1.165) is 12.8 Å². The van der Waals surface area contributed by atoms with Crippen LogP contribution < -0.4 is 5.32 Å². The van der Waals surface area contributed by atoms with Gasteiger partial charge in [0.05, 0.1) is 9.77 Å². The smallest absolute Gasteiger partial charge is 0.261 e. The molecule has 0 aliphatic carbocycles. The molecular weight excluding hydrogens is 296 g/mol. The molecule has 0 aromatic carbocycles. The van der Waals surface area contributed by atoms with E-state index >= 15 is 0 Å². The third-order valence-corrected chi connectivity index (χ3v) is 6.40. The zero-order valence-electron chi connectivity index (χ0n) is 12.0. The Hall–Kier alpha value is -0.920. The number of nitrogens with one attached hydrogen (secondary N) is 1. The summed E-state index contributed by atoms with van der Waals surface area (Å²) in [6.45, 7) is 6.65. The monoisotopic (exact) mass is 316 g/mol. The van der Waals surface area contributed by atoms with Crippen molar-refractivity contribution >= 4 is 27.3 Å². The van der Waals surface area contributed by atoms with Crippen LogP contribution in [-0.4, -0.2) is 37.8 Å². The molecule has 2 heterocycles. The van der Waals surface area contributed by atoms with Gasteiger partial charge < -0.3 is 5.32 Å². The summed E-state index contributed by atoms with van der Waals surface area (Å²) in [6.07, 6.45) is 1.81. The molecule has 1 aliphatic heterocycles. The summed E-state index contributed by atoms with van der Waals surface area (Å²) in [7, 11) is -3.45. The molecular formula is C13H20N2O3S2. The molecule has 0 bridgehead atoms. The van der Waals surface area contributed by atoms with E-state index in [0.29, 0.717) is 22.8 Å². The lowest BCUT2D eigenvalue weighted by molar-refractivity contribution is 0.0947. The van der Waals surface area contributed by atoms with Crippen LogP contribution in [0.15, 0.2) is 11.0 Å². The summed E-state index contributed by atoms with van der Waals surface area (Å²) in [5.74, 6) is -0.212. The van der Waals surface area contributed by atoms with Crippen molar-refractivity contribution in [2.75, 3.05) is 13.1 Å². The molecule has 0 radical (unpaired) electrons. The van der Waals surface area contributed by atoms with Crippen LogP contribution in [0.1, 0.15) is 41.2 Å². The van der Waals surface area contributed by atoms with Crippen molar-refractivity contribution in [1.82, 2.24) is 9.62 Å². The molecule has 1 aromatic heterocycles. The van der Waals surface area contributed by atoms with Crippen LogP contribution in [0.3, 0.4) is 0 Å². The Kier molecular flexibility index (Phi) is 4.51. The molecule has 0 atom stereocenters. The second-order valence-corrected chi connectivity index (χ2v) is 8.43. The van der Waals surface area contributed by atoms with Crippen LogP contribution in [0.4, 0.5) is 0 Å². The standard InChI is InChI=1S/C13H20N2O3S2/c1-9(2)14-13(16)11-8-12(10(3)19-11)20(17,18)15-6-4-5-7-15/h8-9H,4-7H2,1-3H3,(H,14,16). The molecule has 1 aromatic rings. The number of nitrogens with zero attached hydrogens (tertiary/aromatic N) is 1. The highest BCUT2D eigenvalue weighted by Gasteiger charge is 2.30. The van der Waals surface area contributed by atoms with Gasteiger partial charge in [-0.05, 0) is 39.7 Å². The second kappa shape index (κ2) is 5.83.